The number of para-hydroxylation sites is 1. The van der Waals surface area contributed by atoms with Crippen molar-refractivity contribution < 1.29 is 29.3 Å². The number of carbonyl (C=O) groups is 2. The van der Waals surface area contributed by atoms with Crippen LogP contribution in [0.3, 0.4) is 0 Å². The topological polar surface area (TPSA) is 96.3 Å². The first-order valence-corrected chi connectivity index (χ1v) is 9.60. The highest BCUT2D eigenvalue weighted by atomic mass is 16.5. The number of phenols is 1. The van der Waals surface area contributed by atoms with Gasteiger partial charge in [-0.3, -0.25) is 4.79 Å². The third kappa shape index (κ3) is 5.76. The van der Waals surface area contributed by atoms with E-state index in [1.807, 2.05) is 30.3 Å². The summed E-state index contributed by atoms with van der Waals surface area (Å²) >= 11 is 0. The van der Waals surface area contributed by atoms with E-state index in [2.05, 4.69) is 0 Å². The van der Waals surface area contributed by atoms with E-state index >= 15 is 0 Å². The second kappa shape index (κ2) is 10.2. The van der Waals surface area contributed by atoms with Crippen LogP contribution in [0.1, 0.15) is 21.5 Å². The summed E-state index contributed by atoms with van der Waals surface area (Å²) in [4.78, 5) is 26.0. The molecule has 2 N–H and O–H groups in total. The molecule has 7 nitrogen and oxygen atoms in total. The van der Waals surface area contributed by atoms with Crippen molar-refractivity contribution in [1.82, 2.24) is 4.90 Å². The Morgan fingerprint density at radius 2 is 1.65 bits per heavy atom. The number of carboxylic acid groups (broad SMARTS) is 1. The summed E-state index contributed by atoms with van der Waals surface area (Å²) in [6.07, 6.45) is 0. The molecule has 0 fully saturated rings. The zero-order valence-electron chi connectivity index (χ0n) is 17.0. The van der Waals surface area contributed by atoms with Gasteiger partial charge in [0.1, 0.15) is 22.8 Å². The van der Waals surface area contributed by atoms with E-state index in [1.165, 1.54) is 25.3 Å². The van der Waals surface area contributed by atoms with Gasteiger partial charge in [0.25, 0.3) is 5.91 Å². The zero-order valence-corrected chi connectivity index (χ0v) is 17.0. The van der Waals surface area contributed by atoms with Crippen LogP contribution in [0.25, 0.3) is 0 Å². The standard InChI is InChI=1S/C24H23NO6/c1-30-19-11-12-20(24(28)29)22(13-19)31-16-23(27)25(14-17-7-3-2-4-8-17)15-18-9-5-6-10-21(18)26/h2-13,26H,14-16H2,1H3,(H,28,29). The van der Waals surface area contributed by atoms with E-state index in [1.54, 1.807) is 29.2 Å². The molecule has 0 atom stereocenters. The predicted octanol–water partition coefficient (Wildman–Crippen LogP) is 3.71. The number of ether oxygens (including phenoxy) is 2. The number of phenolic OH excluding ortho intramolecular Hbond substituents is 1. The average Bonchev–Trinajstić information content (AvgIpc) is 2.78. The summed E-state index contributed by atoms with van der Waals surface area (Å²) < 4.78 is 10.7. The van der Waals surface area contributed by atoms with Crippen molar-refractivity contribution in [2.45, 2.75) is 13.1 Å². The van der Waals surface area contributed by atoms with Crippen LogP contribution in [0.2, 0.25) is 0 Å². The molecule has 3 rings (SSSR count). The zero-order chi connectivity index (χ0) is 22.2. The third-order valence-corrected chi connectivity index (χ3v) is 4.69. The minimum absolute atomic E-state index is 0.0439. The Labute approximate surface area is 180 Å². The summed E-state index contributed by atoms with van der Waals surface area (Å²) in [6, 6.07) is 20.6. The van der Waals surface area contributed by atoms with Crippen LogP contribution in [0.15, 0.2) is 72.8 Å². The maximum atomic E-state index is 13.0. The van der Waals surface area contributed by atoms with Gasteiger partial charge in [0.15, 0.2) is 6.61 Å². The lowest BCUT2D eigenvalue weighted by Gasteiger charge is -2.24. The number of rotatable bonds is 9. The van der Waals surface area contributed by atoms with E-state index < -0.39 is 5.97 Å². The van der Waals surface area contributed by atoms with Gasteiger partial charge in [-0.15, -0.1) is 0 Å². The van der Waals surface area contributed by atoms with Gasteiger partial charge in [0, 0.05) is 24.7 Å². The van der Waals surface area contributed by atoms with E-state index in [-0.39, 0.29) is 36.1 Å². The minimum atomic E-state index is -1.17. The van der Waals surface area contributed by atoms with Crippen LogP contribution in [0, 0.1) is 0 Å². The lowest BCUT2D eigenvalue weighted by Crippen LogP contribution is -2.34. The number of hydrogen-bond acceptors (Lipinski definition) is 5. The molecule has 7 heteroatoms. The van der Waals surface area contributed by atoms with Crippen LogP contribution in [-0.4, -0.2) is 40.7 Å². The molecule has 160 valence electrons. The van der Waals surface area contributed by atoms with Crippen molar-refractivity contribution >= 4 is 11.9 Å². The lowest BCUT2D eigenvalue weighted by molar-refractivity contribution is -0.134. The second-order valence-corrected chi connectivity index (χ2v) is 6.82. The number of methoxy groups -OCH3 is 1. The predicted molar refractivity (Wildman–Crippen MR) is 114 cm³/mol. The highest BCUT2D eigenvalue weighted by molar-refractivity contribution is 5.91. The monoisotopic (exact) mass is 421 g/mol. The molecule has 1 amide bonds. The first-order chi connectivity index (χ1) is 15.0. The van der Waals surface area contributed by atoms with E-state index in [4.69, 9.17) is 9.47 Å². The molecule has 0 aliphatic carbocycles. The lowest BCUT2D eigenvalue weighted by atomic mass is 10.1. The van der Waals surface area contributed by atoms with Crippen LogP contribution < -0.4 is 9.47 Å². The molecule has 0 aliphatic rings. The van der Waals surface area contributed by atoms with Gasteiger partial charge in [0.2, 0.25) is 0 Å². The molecule has 0 unspecified atom stereocenters. The molecule has 3 aromatic rings. The fraction of sp³-hybridized carbons (Fsp3) is 0.167. The Kier molecular flexibility index (Phi) is 7.11. The van der Waals surface area contributed by atoms with Gasteiger partial charge in [-0.2, -0.15) is 0 Å². The number of amides is 1. The summed E-state index contributed by atoms with van der Waals surface area (Å²) in [5.74, 6) is -0.966. The van der Waals surface area contributed by atoms with Crippen molar-refractivity contribution in [3.05, 3.63) is 89.5 Å². The van der Waals surface area contributed by atoms with Crippen molar-refractivity contribution in [2.24, 2.45) is 0 Å². The Morgan fingerprint density at radius 1 is 0.935 bits per heavy atom. The maximum absolute atomic E-state index is 13.0. The number of nitrogens with zero attached hydrogens (tertiary/aromatic N) is 1. The van der Waals surface area contributed by atoms with Gasteiger partial charge >= 0.3 is 5.97 Å². The Bertz CT molecular complexity index is 1050. The first kappa shape index (κ1) is 21.7. The number of hydrogen-bond donors (Lipinski definition) is 2. The molecule has 0 spiro atoms. The van der Waals surface area contributed by atoms with Crippen LogP contribution >= 0.6 is 0 Å². The van der Waals surface area contributed by atoms with Gasteiger partial charge in [-0.05, 0) is 23.8 Å². The number of aromatic carboxylic acids is 1. The number of benzene rings is 3. The van der Waals surface area contributed by atoms with Gasteiger partial charge in [-0.1, -0.05) is 48.5 Å². The highest BCUT2D eigenvalue weighted by Gasteiger charge is 2.19. The van der Waals surface area contributed by atoms with Gasteiger partial charge in [-0.25, -0.2) is 4.79 Å². The molecule has 0 saturated heterocycles. The van der Waals surface area contributed by atoms with Gasteiger partial charge in [0.05, 0.1) is 7.11 Å². The van der Waals surface area contributed by atoms with Crippen LogP contribution in [-0.2, 0) is 17.9 Å². The summed E-state index contributed by atoms with van der Waals surface area (Å²) in [5, 5.41) is 19.5. The third-order valence-electron chi connectivity index (χ3n) is 4.69. The number of carbonyl (C=O) groups excluding carboxylic acids is 1. The van der Waals surface area contributed by atoms with E-state index in [9.17, 15) is 19.8 Å². The summed E-state index contributed by atoms with van der Waals surface area (Å²) in [7, 11) is 1.46. The van der Waals surface area contributed by atoms with Crippen molar-refractivity contribution in [3.8, 4) is 17.2 Å². The number of aromatic hydroxyl groups is 1. The Balaban J connectivity index is 1.80. The van der Waals surface area contributed by atoms with Crippen molar-refractivity contribution in [1.29, 1.82) is 0 Å². The number of carboxylic acids is 1. The van der Waals surface area contributed by atoms with Crippen molar-refractivity contribution in [2.75, 3.05) is 13.7 Å². The summed E-state index contributed by atoms with van der Waals surface area (Å²) in [5.41, 5.74) is 1.45. The van der Waals surface area contributed by atoms with Crippen LogP contribution in [0.5, 0.6) is 17.2 Å². The van der Waals surface area contributed by atoms with E-state index in [0.717, 1.165) is 5.56 Å². The average molecular weight is 421 g/mol. The Hall–Kier alpha value is -4.00. The molecule has 0 radical (unpaired) electrons. The summed E-state index contributed by atoms with van der Waals surface area (Å²) in [6.45, 7) is 0.114. The SMILES string of the molecule is COc1ccc(C(=O)O)c(OCC(=O)N(Cc2ccccc2)Cc2ccccc2O)c1. The molecule has 0 heterocycles. The molecule has 31 heavy (non-hydrogen) atoms. The fourth-order valence-corrected chi connectivity index (χ4v) is 3.04. The maximum Gasteiger partial charge on any atom is 0.339 e. The molecule has 0 saturated carbocycles. The minimum Gasteiger partial charge on any atom is -0.508 e. The Morgan fingerprint density at radius 3 is 2.32 bits per heavy atom. The van der Waals surface area contributed by atoms with E-state index in [0.29, 0.717) is 17.9 Å². The quantitative estimate of drug-likeness (QED) is 0.547. The molecule has 0 aliphatic heterocycles. The largest absolute Gasteiger partial charge is 0.508 e. The van der Waals surface area contributed by atoms with Gasteiger partial charge < -0.3 is 24.6 Å². The van der Waals surface area contributed by atoms with Crippen LogP contribution in [0.4, 0.5) is 0 Å². The first-order valence-electron chi connectivity index (χ1n) is 9.60. The molecule has 0 bridgehead atoms. The molecular weight excluding hydrogens is 398 g/mol. The molecular formula is C24H23NO6. The second-order valence-electron chi connectivity index (χ2n) is 6.82. The molecule has 0 aromatic heterocycles. The smallest absolute Gasteiger partial charge is 0.339 e. The normalized spacial score (nSPS) is 10.4. The molecule has 3 aromatic carbocycles. The fourth-order valence-electron chi connectivity index (χ4n) is 3.04. The highest BCUT2D eigenvalue weighted by Crippen LogP contribution is 2.25. The van der Waals surface area contributed by atoms with Crippen molar-refractivity contribution in [3.63, 3.8) is 0 Å².